The summed E-state index contributed by atoms with van der Waals surface area (Å²) in [7, 11) is -3.52. The Morgan fingerprint density at radius 3 is 2.63 bits per heavy atom. The zero-order chi connectivity index (χ0) is 21.1. The molecule has 7 nitrogen and oxygen atoms in total. The summed E-state index contributed by atoms with van der Waals surface area (Å²) < 4.78 is 27.8. The van der Waals surface area contributed by atoms with Crippen molar-refractivity contribution < 1.29 is 13.2 Å². The van der Waals surface area contributed by atoms with Gasteiger partial charge in [-0.25, -0.2) is 8.42 Å². The lowest BCUT2D eigenvalue weighted by atomic mass is 9.96. The topological polar surface area (TPSA) is 82.6 Å². The van der Waals surface area contributed by atoms with E-state index in [-0.39, 0.29) is 18.4 Å². The highest BCUT2D eigenvalue weighted by Crippen LogP contribution is 2.29. The van der Waals surface area contributed by atoms with Crippen LogP contribution in [0, 0.1) is 12.8 Å². The van der Waals surface area contributed by atoms with Gasteiger partial charge in [-0.05, 0) is 56.9 Å². The predicted molar refractivity (Wildman–Crippen MR) is 118 cm³/mol. The average Bonchev–Trinajstić information content (AvgIpc) is 3.22. The first-order chi connectivity index (χ1) is 14.4. The van der Waals surface area contributed by atoms with Gasteiger partial charge < -0.3 is 10.2 Å². The van der Waals surface area contributed by atoms with Crippen LogP contribution in [0.3, 0.4) is 0 Å². The Labute approximate surface area is 182 Å². The number of rotatable bonds is 5. The molecule has 1 N–H and O–H groups in total. The number of nitrogens with zero attached hydrogens (tertiary/aromatic N) is 3. The molecule has 162 valence electrons. The molecule has 4 heterocycles. The Balaban J connectivity index is 1.34. The fourth-order valence-corrected chi connectivity index (χ4v) is 7.19. The van der Waals surface area contributed by atoms with Crippen LogP contribution < -0.4 is 5.32 Å². The summed E-state index contributed by atoms with van der Waals surface area (Å²) in [6, 6.07) is 7.72. The molecule has 2 aromatic heterocycles. The summed E-state index contributed by atoms with van der Waals surface area (Å²) in [6.07, 6.45) is 6.79. The van der Waals surface area contributed by atoms with Crippen LogP contribution in [0.4, 0.5) is 5.69 Å². The third-order valence-electron chi connectivity index (χ3n) is 5.88. The summed E-state index contributed by atoms with van der Waals surface area (Å²) in [6.45, 7) is 4.07. The molecule has 2 saturated heterocycles. The van der Waals surface area contributed by atoms with Crippen molar-refractivity contribution in [2.45, 2.75) is 42.9 Å². The summed E-state index contributed by atoms with van der Waals surface area (Å²) >= 11 is 1.29. The smallest absolute Gasteiger partial charge is 0.252 e. The number of likely N-dealkylation sites (tertiary alicyclic amines) is 1. The van der Waals surface area contributed by atoms with Crippen molar-refractivity contribution in [3.8, 4) is 0 Å². The van der Waals surface area contributed by atoms with Gasteiger partial charge in [0.25, 0.3) is 10.0 Å². The second-order valence-electron chi connectivity index (χ2n) is 8.05. The van der Waals surface area contributed by atoms with E-state index in [1.54, 1.807) is 12.3 Å². The minimum absolute atomic E-state index is 0.0945. The van der Waals surface area contributed by atoms with E-state index in [2.05, 4.69) is 10.3 Å². The molecule has 4 rings (SSSR count). The van der Waals surface area contributed by atoms with Gasteiger partial charge in [-0.15, -0.1) is 11.3 Å². The quantitative estimate of drug-likeness (QED) is 0.760. The molecule has 2 aliphatic heterocycles. The van der Waals surface area contributed by atoms with Gasteiger partial charge in [0.15, 0.2) is 0 Å². The summed E-state index contributed by atoms with van der Waals surface area (Å²) in [5, 5.41) is 3.48. The van der Waals surface area contributed by atoms with Crippen LogP contribution in [-0.2, 0) is 14.8 Å². The van der Waals surface area contributed by atoms with Crippen molar-refractivity contribution >= 4 is 33.0 Å². The number of carbonyl (C=O) groups is 1. The summed E-state index contributed by atoms with van der Waals surface area (Å²) in [5.41, 5.74) is 0.999. The molecule has 0 aliphatic carbocycles. The fourth-order valence-electron chi connectivity index (χ4n) is 4.23. The Bertz CT molecular complexity index is 969. The molecule has 2 aliphatic rings. The molecule has 0 radical (unpaired) electrons. The molecule has 30 heavy (non-hydrogen) atoms. The molecule has 1 amide bonds. The highest BCUT2D eigenvalue weighted by molar-refractivity contribution is 7.91. The second kappa shape index (κ2) is 9.03. The number of nitrogens with one attached hydrogen (secondary N) is 1. The number of hydrogen-bond donors (Lipinski definition) is 1. The lowest BCUT2D eigenvalue weighted by Crippen LogP contribution is -2.49. The highest BCUT2D eigenvalue weighted by Gasteiger charge is 2.36. The normalized spacial score (nSPS) is 21.5. The molecule has 0 bridgehead atoms. The molecular formula is C21H28N4O3S2. The van der Waals surface area contributed by atoms with Gasteiger partial charge in [0, 0.05) is 49.5 Å². The number of sulfonamides is 1. The Hall–Kier alpha value is -1.97. The molecule has 2 aromatic rings. The minimum Gasteiger partial charge on any atom is -0.381 e. The highest BCUT2D eigenvalue weighted by atomic mass is 32.2. The Kier molecular flexibility index (Phi) is 6.40. The molecule has 1 unspecified atom stereocenters. The number of piperidine rings is 2. The van der Waals surface area contributed by atoms with Crippen LogP contribution in [0.1, 0.15) is 30.6 Å². The van der Waals surface area contributed by atoms with Crippen LogP contribution in [0.2, 0.25) is 0 Å². The standard InChI is InChI=1S/C21H28N4O3S2/c1-16-6-7-20(29-16)30(27,28)25-11-3-4-17(15-25)21(26)24-12-8-18(9-13-24)23-19-5-2-10-22-14-19/h2,5-7,10,14,17-18,23H,3-4,8-9,11-13,15H2,1H3. The van der Waals surface area contributed by atoms with Crippen molar-refractivity contribution in [1.29, 1.82) is 0 Å². The third-order valence-corrected chi connectivity index (χ3v) is 9.22. The number of aryl methyl sites for hydroxylation is 1. The van der Waals surface area contributed by atoms with Gasteiger partial charge >= 0.3 is 0 Å². The largest absolute Gasteiger partial charge is 0.381 e. The average molecular weight is 449 g/mol. The van der Waals surface area contributed by atoms with E-state index in [1.165, 1.54) is 15.6 Å². The number of aromatic nitrogens is 1. The number of pyridine rings is 1. The van der Waals surface area contributed by atoms with E-state index in [0.29, 0.717) is 29.9 Å². The summed E-state index contributed by atoms with van der Waals surface area (Å²) in [5.74, 6) is -0.158. The van der Waals surface area contributed by atoms with Gasteiger partial charge in [-0.1, -0.05) is 0 Å². The van der Waals surface area contributed by atoms with Gasteiger partial charge in [0.05, 0.1) is 11.6 Å². The molecule has 1 atom stereocenters. The first-order valence-electron chi connectivity index (χ1n) is 10.5. The first kappa shape index (κ1) is 21.3. The summed E-state index contributed by atoms with van der Waals surface area (Å²) in [4.78, 5) is 20.1. The Morgan fingerprint density at radius 1 is 1.17 bits per heavy atom. The first-order valence-corrected chi connectivity index (χ1v) is 12.7. The van der Waals surface area contributed by atoms with Crippen molar-refractivity contribution in [1.82, 2.24) is 14.2 Å². The van der Waals surface area contributed by atoms with E-state index < -0.39 is 10.0 Å². The van der Waals surface area contributed by atoms with Crippen molar-refractivity contribution in [3.63, 3.8) is 0 Å². The maximum atomic E-state index is 13.1. The van der Waals surface area contributed by atoms with Crippen molar-refractivity contribution in [2.24, 2.45) is 5.92 Å². The van der Waals surface area contributed by atoms with Crippen LogP contribution in [0.15, 0.2) is 40.9 Å². The number of amides is 1. The zero-order valence-corrected chi connectivity index (χ0v) is 18.8. The molecule has 2 fully saturated rings. The lowest BCUT2D eigenvalue weighted by molar-refractivity contribution is -0.137. The van der Waals surface area contributed by atoms with Gasteiger partial charge in [-0.3, -0.25) is 9.78 Å². The van der Waals surface area contributed by atoms with Crippen LogP contribution in [0.25, 0.3) is 0 Å². The van der Waals surface area contributed by atoms with E-state index in [0.717, 1.165) is 36.2 Å². The number of hydrogen-bond acceptors (Lipinski definition) is 6. The monoisotopic (exact) mass is 448 g/mol. The van der Waals surface area contributed by atoms with E-state index in [1.807, 2.05) is 36.2 Å². The second-order valence-corrected chi connectivity index (χ2v) is 11.5. The third kappa shape index (κ3) is 4.68. The van der Waals surface area contributed by atoms with Crippen molar-refractivity contribution in [2.75, 3.05) is 31.5 Å². The number of anilines is 1. The van der Waals surface area contributed by atoms with E-state index in [4.69, 9.17) is 0 Å². The molecule has 9 heteroatoms. The predicted octanol–water partition coefficient (Wildman–Crippen LogP) is 2.96. The van der Waals surface area contributed by atoms with Crippen molar-refractivity contribution in [3.05, 3.63) is 41.5 Å². The van der Waals surface area contributed by atoms with Crippen LogP contribution in [-0.4, -0.2) is 60.7 Å². The maximum Gasteiger partial charge on any atom is 0.252 e. The van der Waals surface area contributed by atoms with E-state index >= 15 is 0 Å². The van der Waals surface area contributed by atoms with Gasteiger partial charge in [-0.2, -0.15) is 4.31 Å². The maximum absolute atomic E-state index is 13.1. The zero-order valence-electron chi connectivity index (χ0n) is 17.2. The number of thiophene rings is 1. The fraction of sp³-hybridized carbons (Fsp3) is 0.524. The SMILES string of the molecule is Cc1ccc(S(=O)(=O)N2CCCC(C(=O)N3CCC(Nc4cccnc4)CC3)C2)s1. The lowest BCUT2D eigenvalue weighted by Gasteiger charge is -2.37. The molecular weight excluding hydrogens is 420 g/mol. The molecule has 0 saturated carbocycles. The molecule has 0 spiro atoms. The van der Waals surface area contributed by atoms with E-state index in [9.17, 15) is 13.2 Å². The minimum atomic E-state index is -3.52. The van der Waals surface area contributed by atoms with Crippen LogP contribution in [0.5, 0.6) is 0 Å². The molecule has 0 aromatic carbocycles. The number of carbonyl (C=O) groups excluding carboxylic acids is 1. The Morgan fingerprint density at radius 2 is 1.97 bits per heavy atom. The van der Waals surface area contributed by atoms with Crippen LogP contribution >= 0.6 is 11.3 Å². The van der Waals surface area contributed by atoms with Gasteiger partial charge in [0.2, 0.25) is 5.91 Å². The van der Waals surface area contributed by atoms with Gasteiger partial charge in [0.1, 0.15) is 4.21 Å².